The van der Waals surface area contributed by atoms with Gasteiger partial charge >= 0.3 is 6.03 Å². The van der Waals surface area contributed by atoms with Crippen LogP contribution in [0, 0.1) is 0 Å². The lowest BCUT2D eigenvalue weighted by Gasteiger charge is -2.13. The first-order valence-electron chi connectivity index (χ1n) is 9.85. The van der Waals surface area contributed by atoms with E-state index in [9.17, 15) is 4.79 Å². The fourth-order valence-corrected chi connectivity index (χ4v) is 3.86. The zero-order chi connectivity index (χ0) is 23.8. The van der Waals surface area contributed by atoms with Crippen molar-refractivity contribution < 1.29 is 19.4 Å². The van der Waals surface area contributed by atoms with E-state index in [1.165, 1.54) is 18.9 Å². The maximum atomic E-state index is 12.4. The van der Waals surface area contributed by atoms with E-state index in [0.29, 0.717) is 51.1 Å². The van der Waals surface area contributed by atoms with Crippen LogP contribution in [0.25, 0.3) is 11.4 Å². The number of aliphatic hydroxyl groups excluding tert-OH is 1. The molecule has 1 aromatic heterocycles. The number of ether oxygens (including phenoxy) is 2. The number of aromatic nitrogens is 2. The smallest absolute Gasteiger partial charge is 0.323 e. The molecule has 3 aromatic rings. The average molecular weight is 490 g/mol. The largest absolute Gasteiger partial charge is 0.493 e. The highest BCUT2D eigenvalue weighted by molar-refractivity contribution is 7.98. The zero-order valence-electron chi connectivity index (χ0n) is 18.3. The molecule has 0 saturated carbocycles. The highest BCUT2D eigenvalue weighted by atomic mass is 35.5. The minimum absolute atomic E-state index is 0.0312. The zero-order valence-corrected chi connectivity index (χ0v) is 19.9. The van der Waals surface area contributed by atoms with Crippen molar-refractivity contribution in [3.05, 3.63) is 47.6 Å². The Morgan fingerprint density at radius 1 is 1.03 bits per heavy atom. The molecule has 1 heterocycles. The van der Waals surface area contributed by atoms with Crippen molar-refractivity contribution in [2.75, 3.05) is 49.6 Å². The van der Waals surface area contributed by atoms with Gasteiger partial charge in [-0.25, -0.2) is 14.8 Å². The molecular formula is C22H24ClN5O4S. The van der Waals surface area contributed by atoms with Gasteiger partial charge in [0, 0.05) is 29.5 Å². The number of urea groups is 1. The fraction of sp³-hybridized carbons (Fsp3) is 0.227. The molecule has 4 N–H and O–H groups in total. The maximum Gasteiger partial charge on any atom is 0.323 e. The number of methoxy groups -OCH3 is 2. The SMILES string of the molecule is COc1ccc(NC(=O)Nc2ccc(-c3nc(Cl)c(SC)c(NCCO)n3)cc2)cc1OC. The van der Waals surface area contributed by atoms with E-state index in [1.54, 1.807) is 49.6 Å². The lowest BCUT2D eigenvalue weighted by atomic mass is 10.2. The number of hydrogen-bond donors (Lipinski definition) is 4. The standard InChI is InChI=1S/C22H24ClN5O4S/c1-31-16-9-8-15(12-17(16)32-2)26-22(30)25-14-6-4-13(5-7-14)20-27-19(23)18(33-3)21(28-20)24-10-11-29/h4-9,12,29H,10-11H2,1-3H3,(H,24,27,28)(H2,25,26,30). The predicted molar refractivity (Wildman–Crippen MR) is 132 cm³/mol. The number of thioether (sulfide) groups is 1. The number of carbonyl (C=O) groups excluding carboxylic acids is 1. The van der Waals surface area contributed by atoms with Crippen LogP contribution in [0.2, 0.25) is 5.15 Å². The third-order valence-electron chi connectivity index (χ3n) is 4.47. The number of aliphatic hydroxyl groups is 1. The molecule has 0 radical (unpaired) electrons. The van der Waals surface area contributed by atoms with Gasteiger partial charge in [0.1, 0.15) is 11.0 Å². The number of benzene rings is 2. The molecule has 3 rings (SSSR count). The van der Waals surface area contributed by atoms with Gasteiger partial charge in [0.15, 0.2) is 17.3 Å². The fourth-order valence-electron chi connectivity index (χ4n) is 2.94. The third-order valence-corrected chi connectivity index (χ3v) is 5.66. The molecule has 11 heteroatoms. The second-order valence-corrected chi connectivity index (χ2v) is 7.77. The molecular weight excluding hydrogens is 466 g/mol. The Morgan fingerprint density at radius 2 is 1.70 bits per heavy atom. The summed E-state index contributed by atoms with van der Waals surface area (Å²) in [5.74, 6) is 2.07. The van der Waals surface area contributed by atoms with Crippen molar-refractivity contribution >= 4 is 46.6 Å². The highest BCUT2D eigenvalue weighted by Gasteiger charge is 2.14. The molecule has 174 valence electrons. The number of halogens is 1. The summed E-state index contributed by atoms with van der Waals surface area (Å²) in [6.07, 6.45) is 1.88. The summed E-state index contributed by atoms with van der Waals surface area (Å²) in [6, 6.07) is 11.7. The number of anilines is 3. The van der Waals surface area contributed by atoms with Crippen LogP contribution in [0.5, 0.6) is 11.5 Å². The molecule has 0 aliphatic carbocycles. The van der Waals surface area contributed by atoms with Gasteiger partial charge in [0.05, 0.1) is 25.7 Å². The Morgan fingerprint density at radius 3 is 2.33 bits per heavy atom. The van der Waals surface area contributed by atoms with Crippen molar-refractivity contribution in [1.82, 2.24) is 9.97 Å². The molecule has 0 bridgehead atoms. The van der Waals surface area contributed by atoms with Crippen LogP contribution >= 0.6 is 23.4 Å². The Labute approximate surface area is 200 Å². The van der Waals surface area contributed by atoms with E-state index in [1.807, 2.05) is 6.26 Å². The number of amides is 2. The summed E-state index contributed by atoms with van der Waals surface area (Å²) < 4.78 is 10.4. The summed E-state index contributed by atoms with van der Waals surface area (Å²) in [5.41, 5.74) is 1.87. The van der Waals surface area contributed by atoms with E-state index in [-0.39, 0.29) is 6.61 Å². The number of carbonyl (C=O) groups is 1. The summed E-state index contributed by atoms with van der Waals surface area (Å²) in [4.78, 5) is 22.0. The van der Waals surface area contributed by atoms with Crippen LogP contribution in [-0.4, -0.2) is 54.7 Å². The molecule has 33 heavy (non-hydrogen) atoms. The Hall–Kier alpha value is -3.21. The van der Waals surface area contributed by atoms with E-state index in [0.717, 1.165) is 5.56 Å². The quantitative estimate of drug-likeness (QED) is 0.255. The van der Waals surface area contributed by atoms with Gasteiger partial charge in [-0.15, -0.1) is 11.8 Å². The maximum absolute atomic E-state index is 12.4. The van der Waals surface area contributed by atoms with Crippen molar-refractivity contribution in [3.63, 3.8) is 0 Å². The molecule has 0 atom stereocenters. The predicted octanol–water partition coefficient (Wildman–Crippen LogP) is 4.58. The van der Waals surface area contributed by atoms with E-state index in [2.05, 4.69) is 25.9 Å². The monoisotopic (exact) mass is 489 g/mol. The van der Waals surface area contributed by atoms with E-state index >= 15 is 0 Å². The highest BCUT2D eigenvalue weighted by Crippen LogP contribution is 2.33. The van der Waals surface area contributed by atoms with Gasteiger partial charge in [-0.05, 0) is 42.7 Å². The Kier molecular flexibility index (Phi) is 8.58. The molecule has 0 saturated heterocycles. The number of nitrogens with zero attached hydrogens (tertiary/aromatic N) is 2. The lowest BCUT2D eigenvalue weighted by molar-refractivity contribution is 0.262. The average Bonchev–Trinajstić information content (AvgIpc) is 2.82. The third kappa shape index (κ3) is 6.19. The number of nitrogens with one attached hydrogen (secondary N) is 3. The minimum atomic E-state index is -0.408. The lowest BCUT2D eigenvalue weighted by Crippen LogP contribution is -2.19. The van der Waals surface area contributed by atoms with Gasteiger partial charge in [-0.3, -0.25) is 0 Å². The second-order valence-electron chi connectivity index (χ2n) is 6.60. The van der Waals surface area contributed by atoms with Crippen LogP contribution in [-0.2, 0) is 0 Å². The van der Waals surface area contributed by atoms with Crippen molar-refractivity contribution in [2.45, 2.75) is 4.90 Å². The molecule has 9 nitrogen and oxygen atoms in total. The topological polar surface area (TPSA) is 118 Å². The van der Waals surface area contributed by atoms with Gasteiger partial charge in [0.25, 0.3) is 0 Å². The van der Waals surface area contributed by atoms with Gasteiger partial charge < -0.3 is 30.5 Å². The van der Waals surface area contributed by atoms with Crippen LogP contribution in [0.1, 0.15) is 0 Å². The van der Waals surface area contributed by atoms with Crippen molar-refractivity contribution in [2.24, 2.45) is 0 Å². The summed E-state index contributed by atoms with van der Waals surface area (Å²) in [5, 5.41) is 18.0. The first-order valence-corrected chi connectivity index (χ1v) is 11.5. The second kappa shape index (κ2) is 11.6. The summed E-state index contributed by atoms with van der Waals surface area (Å²) >= 11 is 7.74. The van der Waals surface area contributed by atoms with E-state index < -0.39 is 6.03 Å². The van der Waals surface area contributed by atoms with Crippen LogP contribution in [0.3, 0.4) is 0 Å². The van der Waals surface area contributed by atoms with Crippen LogP contribution in [0.15, 0.2) is 47.4 Å². The van der Waals surface area contributed by atoms with E-state index in [4.69, 9.17) is 26.2 Å². The van der Waals surface area contributed by atoms with Crippen LogP contribution < -0.4 is 25.4 Å². The number of hydrogen-bond acceptors (Lipinski definition) is 8. The minimum Gasteiger partial charge on any atom is -0.493 e. The van der Waals surface area contributed by atoms with Gasteiger partial charge in [-0.2, -0.15) is 0 Å². The normalized spacial score (nSPS) is 10.5. The Bertz CT molecular complexity index is 1110. The molecule has 2 amide bonds. The van der Waals surface area contributed by atoms with Crippen LogP contribution in [0.4, 0.5) is 22.0 Å². The molecule has 0 aliphatic rings. The molecule has 2 aromatic carbocycles. The molecule has 0 spiro atoms. The summed E-state index contributed by atoms with van der Waals surface area (Å²) in [7, 11) is 3.07. The molecule has 0 unspecified atom stereocenters. The number of rotatable bonds is 9. The van der Waals surface area contributed by atoms with Gasteiger partial charge in [-0.1, -0.05) is 11.6 Å². The molecule has 0 fully saturated rings. The first kappa shape index (κ1) is 24.4. The van der Waals surface area contributed by atoms with Gasteiger partial charge in [0.2, 0.25) is 0 Å². The summed E-state index contributed by atoms with van der Waals surface area (Å²) in [6.45, 7) is 0.314. The van der Waals surface area contributed by atoms with Crippen molar-refractivity contribution in [1.29, 1.82) is 0 Å². The Balaban J connectivity index is 1.71. The van der Waals surface area contributed by atoms with Crippen molar-refractivity contribution in [3.8, 4) is 22.9 Å². The molecule has 0 aliphatic heterocycles. The first-order chi connectivity index (χ1) is 16.0.